The van der Waals surface area contributed by atoms with E-state index in [1.807, 2.05) is 19.1 Å². The van der Waals surface area contributed by atoms with E-state index in [4.69, 9.17) is 11.6 Å². The second-order valence-electron chi connectivity index (χ2n) is 5.02. The van der Waals surface area contributed by atoms with E-state index in [1.54, 1.807) is 17.4 Å². The predicted molar refractivity (Wildman–Crippen MR) is 81.5 cm³/mol. The molecule has 0 saturated heterocycles. The zero-order valence-electron chi connectivity index (χ0n) is 10.7. The minimum Gasteiger partial charge on any atom is -0.508 e. The zero-order valence-corrected chi connectivity index (χ0v) is 12.3. The van der Waals surface area contributed by atoms with Gasteiger partial charge < -0.3 is 10.4 Å². The molecule has 0 spiro atoms. The Hall–Kier alpha value is -1.19. The standard InChI is InChI=1S/C15H16ClNOS/c1-9-5-6-10(7-13(9)18)17-12-3-2-4-14-11(12)8-15(16)19-14/h5-8,12,17-18H,2-4H2,1H3. The topological polar surface area (TPSA) is 32.3 Å². The molecule has 19 heavy (non-hydrogen) atoms. The first-order valence-corrected chi connectivity index (χ1v) is 7.67. The van der Waals surface area contributed by atoms with Crippen LogP contribution in [0.5, 0.6) is 5.75 Å². The normalized spacial score (nSPS) is 18.1. The number of phenols is 1. The lowest BCUT2D eigenvalue weighted by atomic mass is 9.94. The second kappa shape index (κ2) is 5.06. The highest BCUT2D eigenvalue weighted by molar-refractivity contribution is 7.16. The van der Waals surface area contributed by atoms with Crippen LogP contribution in [-0.2, 0) is 6.42 Å². The summed E-state index contributed by atoms with van der Waals surface area (Å²) in [4.78, 5) is 1.39. The van der Waals surface area contributed by atoms with E-state index < -0.39 is 0 Å². The summed E-state index contributed by atoms with van der Waals surface area (Å²) in [5, 5.41) is 13.3. The molecule has 0 amide bonds. The van der Waals surface area contributed by atoms with Gasteiger partial charge in [-0.15, -0.1) is 11.3 Å². The Labute approximate surface area is 122 Å². The number of hydrogen-bond donors (Lipinski definition) is 2. The third-order valence-electron chi connectivity index (χ3n) is 3.63. The number of hydrogen-bond acceptors (Lipinski definition) is 3. The number of rotatable bonds is 2. The van der Waals surface area contributed by atoms with Gasteiger partial charge in [-0.3, -0.25) is 0 Å². The minimum absolute atomic E-state index is 0.301. The highest BCUT2D eigenvalue weighted by Gasteiger charge is 2.22. The van der Waals surface area contributed by atoms with Gasteiger partial charge in [0, 0.05) is 16.6 Å². The number of fused-ring (bicyclic) bond motifs is 1. The lowest BCUT2D eigenvalue weighted by molar-refractivity contribution is 0.471. The Morgan fingerprint density at radius 1 is 1.37 bits per heavy atom. The summed E-state index contributed by atoms with van der Waals surface area (Å²) in [5.41, 5.74) is 3.18. The predicted octanol–water partition coefficient (Wildman–Crippen LogP) is 4.91. The van der Waals surface area contributed by atoms with Gasteiger partial charge in [0.1, 0.15) is 5.75 Å². The van der Waals surface area contributed by atoms with Gasteiger partial charge >= 0.3 is 0 Å². The van der Waals surface area contributed by atoms with Crippen LogP contribution < -0.4 is 5.32 Å². The van der Waals surface area contributed by atoms with E-state index in [0.717, 1.165) is 28.4 Å². The van der Waals surface area contributed by atoms with Gasteiger partial charge in [-0.05, 0) is 49.4 Å². The molecule has 1 atom stereocenters. The summed E-state index contributed by atoms with van der Waals surface area (Å²) in [6.07, 6.45) is 3.41. The van der Waals surface area contributed by atoms with Crippen LogP contribution in [0, 0.1) is 6.92 Å². The summed E-state index contributed by atoms with van der Waals surface area (Å²) in [6, 6.07) is 8.11. The zero-order chi connectivity index (χ0) is 13.4. The number of phenolic OH excluding ortho intramolecular Hbond substituents is 1. The van der Waals surface area contributed by atoms with Crippen LogP contribution in [0.4, 0.5) is 5.69 Å². The fraction of sp³-hybridized carbons (Fsp3) is 0.333. The number of aryl methyl sites for hydroxylation is 2. The molecular formula is C15H16ClNOS. The smallest absolute Gasteiger partial charge is 0.120 e. The molecular weight excluding hydrogens is 278 g/mol. The summed E-state index contributed by atoms with van der Waals surface area (Å²) < 4.78 is 0.866. The molecule has 1 heterocycles. The van der Waals surface area contributed by atoms with Crippen LogP contribution in [0.3, 0.4) is 0 Å². The van der Waals surface area contributed by atoms with Crippen LogP contribution in [0.2, 0.25) is 4.34 Å². The molecule has 1 aromatic carbocycles. The highest BCUT2D eigenvalue weighted by atomic mass is 35.5. The first-order chi connectivity index (χ1) is 9.13. The molecule has 0 bridgehead atoms. The molecule has 0 aliphatic heterocycles. The summed E-state index contributed by atoms with van der Waals surface area (Å²) in [7, 11) is 0. The number of anilines is 1. The van der Waals surface area contributed by atoms with Gasteiger partial charge in [-0.1, -0.05) is 17.7 Å². The average Bonchev–Trinajstić information content (AvgIpc) is 2.75. The SMILES string of the molecule is Cc1ccc(NC2CCCc3sc(Cl)cc32)cc1O. The van der Waals surface area contributed by atoms with Crippen molar-refractivity contribution in [3.8, 4) is 5.75 Å². The summed E-state index contributed by atoms with van der Waals surface area (Å²) in [6.45, 7) is 1.90. The maximum absolute atomic E-state index is 9.77. The van der Waals surface area contributed by atoms with E-state index in [2.05, 4.69) is 11.4 Å². The fourth-order valence-corrected chi connectivity index (χ4v) is 3.96. The maximum Gasteiger partial charge on any atom is 0.120 e. The molecule has 2 nitrogen and oxygen atoms in total. The van der Waals surface area contributed by atoms with Gasteiger partial charge in [0.05, 0.1) is 10.4 Å². The summed E-state index contributed by atoms with van der Waals surface area (Å²) in [5.74, 6) is 0.337. The molecule has 2 aromatic rings. The first kappa shape index (κ1) is 12.8. The van der Waals surface area contributed by atoms with Crippen molar-refractivity contribution in [2.75, 3.05) is 5.32 Å². The maximum atomic E-state index is 9.77. The number of nitrogens with one attached hydrogen (secondary N) is 1. The molecule has 3 rings (SSSR count). The van der Waals surface area contributed by atoms with Gasteiger partial charge in [0.2, 0.25) is 0 Å². The molecule has 1 aliphatic rings. The third kappa shape index (κ3) is 2.58. The van der Waals surface area contributed by atoms with Crippen molar-refractivity contribution in [1.29, 1.82) is 0 Å². The van der Waals surface area contributed by atoms with Crippen molar-refractivity contribution in [2.24, 2.45) is 0 Å². The number of halogens is 1. The van der Waals surface area contributed by atoms with E-state index in [0.29, 0.717) is 11.8 Å². The lowest BCUT2D eigenvalue weighted by Crippen LogP contribution is -2.15. The van der Waals surface area contributed by atoms with Gasteiger partial charge in [-0.2, -0.15) is 0 Å². The monoisotopic (exact) mass is 293 g/mol. The molecule has 2 N–H and O–H groups in total. The Bertz CT molecular complexity index is 608. The van der Waals surface area contributed by atoms with Crippen molar-refractivity contribution < 1.29 is 5.11 Å². The minimum atomic E-state index is 0.301. The Balaban J connectivity index is 1.86. The Kier molecular flexibility index (Phi) is 3.42. The Morgan fingerprint density at radius 3 is 3.00 bits per heavy atom. The molecule has 4 heteroatoms. The lowest BCUT2D eigenvalue weighted by Gasteiger charge is -2.24. The molecule has 0 fully saturated rings. The van der Waals surface area contributed by atoms with E-state index in [-0.39, 0.29) is 0 Å². The highest BCUT2D eigenvalue weighted by Crippen LogP contribution is 2.39. The molecule has 1 unspecified atom stereocenters. The average molecular weight is 294 g/mol. The number of thiophene rings is 1. The molecule has 1 aromatic heterocycles. The van der Waals surface area contributed by atoms with E-state index in [1.165, 1.54) is 16.9 Å². The van der Waals surface area contributed by atoms with Crippen LogP contribution in [-0.4, -0.2) is 5.11 Å². The van der Waals surface area contributed by atoms with Crippen molar-refractivity contribution in [1.82, 2.24) is 0 Å². The van der Waals surface area contributed by atoms with Gasteiger partial charge in [-0.25, -0.2) is 0 Å². The van der Waals surface area contributed by atoms with Gasteiger partial charge in [0.15, 0.2) is 0 Å². The summed E-state index contributed by atoms with van der Waals surface area (Å²) >= 11 is 7.80. The fourth-order valence-electron chi connectivity index (χ4n) is 2.57. The molecule has 100 valence electrons. The van der Waals surface area contributed by atoms with Crippen LogP contribution in [0.25, 0.3) is 0 Å². The first-order valence-electron chi connectivity index (χ1n) is 6.48. The van der Waals surface area contributed by atoms with Crippen LogP contribution in [0.1, 0.15) is 34.9 Å². The number of benzene rings is 1. The molecule has 0 saturated carbocycles. The Morgan fingerprint density at radius 2 is 2.21 bits per heavy atom. The van der Waals surface area contributed by atoms with Gasteiger partial charge in [0.25, 0.3) is 0 Å². The van der Waals surface area contributed by atoms with E-state index >= 15 is 0 Å². The van der Waals surface area contributed by atoms with Crippen molar-refractivity contribution >= 4 is 28.6 Å². The van der Waals surface area contributed by atoms with E-state index in [9.17, 15) is 5.11 Å². The van der Waals surface area contributed by atoms with Crippen LogP contribution in [0.15, 0.2) is 24.3 Å². The quantitative estimate of drug-likeness (QED) is 0.825. The second-order valence-corrected chi connectivity index (χ2v) is 6.79. The van der Waals surface area contributed by atoms with Crippen molar-refractivity contribution in [3.63, 3.8) is 0 Å². The van der Waals surface area contributed by atoms with Crippen LogP contribution >= 0.6 is 22.9 Å². The molecule has 0 radical (unpaired) electrons. The number of aromatic hydroxyl groups is 1. The van der Waals surface area contributed by atoms with Crippen molar-refractivity contribution in [3.05, 3.63) is 44.6 Å². The molecule has 1 aliphatic carbocycles. The largest absolute Gasteiger partial charge is 0.508 e. The van der Waals surface area contributed by atoms with Crippen molar-refractivity contribution in [2.45, 2.75) is 32.2 Å². The third-order valence-corrected chi connectivity index (χ3v) is 4.97.